The molecule has 0 saturated carbocycles. The Hall–Kier alpha value is -2.83. The van der Waals surface area contributed by atoms with E-state index in [4.69, 9.17) is 4.74 Å². The summed E-state index contributed by atoms with van der Waals surface area (Å²) >= 11 is 0. The topological polar surface area (TPSA) is 50.7 Å². The van der Waals surface area contributed by atoms with Crippen LogP contribution in [0.5, 0.6) is 0 Å². The highest BCUT2D eigenvalue weighted by atomic mass is 19.4. The van der Waals surface area contributed by atoms with E-state index in [1.165, 1.54) is 6.07 Å². The Bertz CT molecular complexity index is 758. The van der Waals surface area contributed by atoms with Crippen LogP contribution in [0.2, 0.25) is 0 Å². The summed E-state index contributed by atoms with van der Waals surface area (Å²) in [5, 5.41) is 2.83. The molecule has 1 N–H and O–H groups in total. The molecule has 0 radical (unpaired) electrons. The van der Waals surface area contributed by atoms with Gasteiger partial charge >= 0.3 is 6.18 Å². The van der Waals surface area contributed by atoms with Crippen LogP contribution in [0.4, 0.5) is 24.5 Å². The number of rotatable bonds is 2. The first-order valence-electron chi connectivity index (χ1n) is 6.71. The van der Waals surface area contributed by atoms with Crippen molar-refractivity contribution >= 4 is 23.7 Å². The number of nitrogens with zero attached hydrogens (tertiary/aromatic N) is 1. The Morgan fingerprint density at radius 1 is 1.13 bits per heavy atom. The van der Waals surface area contributed by atoms with Crippen LogP contribution in [0.15, 0.2) is 53.5 Å². The molecule has 1 atom stereocenters. The predicted molar refractivity (Wildman–Crippen MR) is 78.5 cm³/mol. The van der Waals surface area contributed by atoms with Crippen molar-refractivity contribution in [3.05, 3.63) is 59.7 Å². The lowest BCUT2D eigenvalue weighted by molar-refractivity contribution is -0.137. The van der Waals surface area contributed by atoms with E-state index in [1.54, 1.807) is 24.3 Å². The van der Waals surface area contributed by atoms with Crippen LogP contribution in [-0.2, 0) is 15.7 Å². The summed E-state index contributed by atoms with van der Waals surface area (Å²) in [5.74, 6) is 0. The van der Waals surface area contributed by atoms with Gasteiger partial charge in [-0.05, 0) is 24.3 Å². The average molecular weight is 320 g/mol. The van der Waals surface area contributed by atoms with Gasteiger partial charge in [0.1, 0.15) is 0 Å². The van der Waals surface area contributed by atoms with Gasteiger partial charge < -0.3 is 10.1 Å². The highest BCUT2D eigenvalue weighted by molar-refractivity contribution is 5.94. The number of halogens is 3. The second kappa shape index (κ2) is 5.75. The first-order valence-corrected chi connectivity index (χ1v) is 6.71. The second-order valence-corrected chi connectivity index (χ2v) is 4.85. The fraction of sp³-hybridized carbons (Fsp3) is 0.125. The fourth-order valence-electron chi connectivity index (χ4n) is 2.18. The summed E-state index contributed by atoms with van der Waals surface area (Å²) in [5.41, 5.74) is 0.171. The van der Waals surface area contributed by atoms with Gasteiger partial charge in [0.25, 0.3) is 6.02 Å². The second-order valence-electron chi connectivity index (χ2n) is 4.85. The Balaban J connectivity index is 1.98. The summed E-state index contributed by atoms with van der Waals surface area (Å²) in [6, 6.07) is 11.8. The van der Waals surface area contributed by atoms with E-state index in [0.29, 0.717) is 17.5 Å². The van der Waals surface area contributed by atoms with Crippen LogP contribution in [-0.4, -0.2) is 12.3 Å². The van der Waals surface area contributed by atoms with Crippen LogP contribution in [0.25, 0.3) is 0 Å². The maximum absolute atomic E-state index is 12.8. The number of aliphatic imine (C=N–C) groups is 1. The summed E-state index contributed by atoms with van der Waals surface area (Å²) in [6.45, 7) is 0. The standard InChI is InChI=1S/C16H11F3N2O2/c17-16(18,19)10-6-7-12-13(8-10)21-15(23-14(12)9-22)20-11-4-2-1-3-5-11/h1-9,14H,(H,20,21). The molecule has 4 nitrogen and oxygen atoms in total. The van der Waals surface area contributed by atoms with E-state index in [0.717, 1.165) is 12.1 Å². The summed E-state index contributed by atoms with van der Waals surface area (Å²) in [7, 11) is 0. The summed E-state index contributed by atoms with van der Waals surface area (Å²) in [6.07, 6.45) is -4.96. The van der Waals surface area contributed by atoms with Crippen molar-refractivity contribution in [1.29, 1.82) is 0 Å². The van der Waals surface area contributed by atoms with Gasteiger partial charge in [0, 0.05) is 11.3 Å². The Morgan fingerprint density at radius 2 is 1.87 bits per heavy atom. The third-order valence-corrected chi connectivity index (χ3v) is 3.27. The van der Waals surface area contributed by atoms with Gasteiger partial charge in [-0.3, -0.25) is 4.79 Å². The largest absolute Gasteiger partial charge is 0.449 e. The quantitative estimate of drug-likeness (QED) is 0.849. The number of carbonyl (C=O) groups excluding carboxylic acids is 1. The van der Waals surface area contributed by atoms with Gasteiger partial charge in [0.2, 0.25) is 0 Å². The molecule has 1 heterocycles. The van der Waals surface area contributed by atoms with Gasteiger partial charge in [0.15, 0.2) is 12.4 Å². The van der Waals surface area contributed by atoms with E-state index in [-0.39, 0.29) is 11.7 Å². The molecule has 0 fully saturated rings. The number of fused-ring (bicyclic) bond motifs is 1. The Kier molecular flexibility index (Phi) is 3.77. The van der Waals surface area contributed by atoms with Crippen molar-refractivity contribution in [2.24, 2.45) is 4.99 Å². The van der Waals surface area contributed by atoms with E-state index >= 15 is 0 Å². The van der Waals surface area contributed by atoms with E-state index in [2.05, 4.69) is 10.3 Å². The molecule has 0 saturated heterocycles. The normalized spacial score (nSPS) is 16.8. The predicted octanol–water partition coefficient (Wildman–Crippen LogP) is 4.08. The third-order valence-electron chi connectivity index (χ3n) is 3.27. The van der Waals surface area contributed by atoms with Crippen LogP contribution >= 0.6 is 0 Å². The first kappa shape index (κ1) is 15.1. The minimum atomic E-state index is -4.48. The average Bonchev–Trinajstić information content (AvgIpc) is 2.53. The van der Waals surface area contributed by atoms with Gasteiger partial charge in [-0.2, -0.15) is 18.2 Å². The molecule has 3 rings (SSSR count). The molecule has 7 heteroatoms. The van der Waals surface area contributed by atoms with Gasteiger partial charge in [-0.15, -0.1) is 0 Å². The number of benzene rings is 2. The van der Waals surface area contributed by atoms with Crippen LogP contribution < -0.4 is 5.32 Å². The number of amidine groups is 1. The lowest BCUT2D eigenvalue weighted by atomic mass is 10.0. The van der Waals surface area contributed by atoms with E-state index in [9.17, 15) is 18.0 Å². The summed E-state index contributed by atoms with van der Waals surface area (Å²) in [4.78, 5) is 15.2. The van der Waals surface area contributed by atoms with Crippen LogP contribution in [0.1, 0.15) is 17.2 Å². The molecular formula is C16H11F3N2O2. The minimum Gasteiger partial charge on any atom is -0.449 e. The molecule has 0 spiro atoms. The molecule has 2 aromatic rings. The monoisotopic (exact) mass is 320 g/mol. The smallest absolute Gasteiger partial charge is 0.416 e. The summed E-state index contributed by atoms with van der Waals surface area (Å²) < 4.78 is 43.8. The highest BCUT2D eigenvalue weighted by Gasteiger charge is 2.33. The third kappa shape index (κ3) is 3.18. The number of hydrogen-bond donors (Lipinski definition) is 1. The molecule has 0 aliphatic carbocycles. The van der Waals surface area contributed by atoms with Crippen molar-refractivity contribution < 1.29 is 22.7 Å². The minimum absolute atomic E-state index is 0.0277. The number of ether oxygens (including phenoxy) is 1. The first-order chi connectivity index (χ1) is 11.0. The number of alkyl halides is 3. The maximum Gasteiger partial charge on any atom is 0.416 e. The van der Waals surface area contributed by atoms with Crippen molar-refractivity contribution in [3.63, 3.8) is 0 Å². The van der Waals surface area contributed by atoms with Crippen LogP contribution in [0, 0.1) is 0 Å². The molecule has 1 unspecified atom stereocenters. The lowest BCUT2D eigenvalue weighted by Gasteiger charge is -2.23. The number of nitrogens with one attached hydrogen (secondary N) is 1. The zero-order valence-electron chi connectivity index (χ0n) is 11.7. The van der Waals surface area contributed by atoms with Gasteiger partial charge in [0.05, 0.1) is 11.3 Å². The van der Waals surface area contributed by atoms with Crippen LogP contribution in [0.3, 0.4) is 0 Å². The molecule has 118 valence electrons. The number of aldehydes is 1. The van der Waals surface area contributed by atoms with Crippen molar-refractivity contribution in [2.45, 2.75) is 12.3 Å². The maximum atomic E-state index is 12.8. The van der Waals surface area contributed by atoms with Gasteiger partial charge in [-0.25, -0.2) is 0 Å². The number of anilines is 1. The zero-order chi connectivity index (χ0) is 16.4. The molecule has 0 amide bonds. The van der Waals surface area contributed by atoms with E-state index in [1.807, 2.05) is 6.07 Å². The van der Waals surface area contributed by atoms with Crippen molar-refractivity contribution in [2.75, 3.05) is 5.32 Å². The zero-order valence-corrected chi connectivity index (χ0v) is 11.7. The Morgan fingerprint density at radius 3 is 2.52 bits per heavy atom. The fourth-order valence-corrected chi connectivity index (χ4v) is 2.18. The molecule has 1 aliphatic rings. The van der Waals surface area contributed by atoms with Gasteiger partial charge in [-0.1, -0.05) is 24.3 Å². The molecule has 0 aromatic heterocycles. The highest BCUT2D eigenvalue weighted by Crippen LogP contribution is 2.37. The molecular weight excluding hydrogens is 309 g/mol. The molecule has 0 bridgehead atoms. The Labute approximate surface area is 129 Å². The number of carbonyl (C=O) groups is 1. The number of para-hydroxylation sites is 1. The molecule has 2 aromatic carbocycles. The lowest BCUT2D eigenvalue weighted by Crippen LogP contribution is -2.23. The SMILES string of the molecule is O=CC1OC(Nc2ccccc2)=Nc2cc(C(F)(F)F)ccc21. The van der Waals surface area contributed by atoms with Crippen molar-refractivity contribution in [1.82, 2.24) is 0 Å². The number of hydrogen-bond acceptors (Lipinski definition) is 4. The molecule has 23 heavy (non-hydrogen) atoms. The van der Waals surface area contributed by atoms with Crippen molar-refractivity contribution in [3.8, 4) is 0 Å². The molecule has 1 aliphatic heterocycles. The van der Waals surface area contributed by atoms with E-state index < -0.39 is 17.8 Å².